The van der Waals surface area contributed by atoms with Crippen LogP contribution >= 0.6 is 15.9 Å². The molecular weight excluding hydrogens is 204 g/mol. The van der Waals surface area contributed by atoms with E-state index in [2.05, 4.69) is 27.2 Å². The van der Waals surface area contributed by atoms with E-state index in [0.717, 1.165) is 0 Å². The Hall–Kier alpha value is 0.130. The number of rotatable bonds is 3. The first kappa shape index (κ1) is 9.13. The van der Waals surface area contributed by atoms with Gasteiger partial charge in [0, 0.05) is 17.3 Å². The molecule has 0 saturated carbocycles. The Labute approximate surface area is 63.8 Å². The first-order chi connectivity index (χ1) is 3.92. The molecule has 0 radical (unpaired) electrons. The minimum absolute atomic E-state index is 0.374. The van der Waals surface area contributed by atoms with Crippen LogP contribution in [-0.4, -0.2) is 17.0 Å². The Balaban J connectivity index is 3.67. The molecule has 9 heavy (non-hydrogen) atoms. The van der Waals surface area contributed by atoms with Gasteiger partial charge in [0.25, 0.3) is 0 Å². The molecule has 0 rings (SSSR count). The van der Waals surface area contributed by atoms with Crippen molar-refractivity contribution in [3.8, 4) is 0 Å². The maximum absolute atomic E-state index is 10.6. The molecule has 0 aromatic heterocycles. The molecule has 3 nitrogen and oxygen atoms in total. The van der Waals surface area contributed by atoms with Crippen molar-refractivity contribution in [3.05, 3.63) is 11.1 Å². The van der Waals surface area contributed by atoms with Crippen LogP contribution in [-0.2, 0) is 9.92 Å². The molecule has 0 amide bonds. The van der Waals surface area contributed by atoms with Crippen LogP contribution in [0.5, 0.6) is 0 Å². The smallest absolute Gasteiger partial charge is 0.102 e. The molecule has 0 aromatic rings. The van der Waals surface area contributed by atoms with Gasteiger partial charge in [-0.1, -0.05) is 22.5 Å². The normalized spacial score (nSPS) is 16.7. The topological polar surface area (TPSA) is 53.0 Å². The third kappa shape index (κ3) is 8.13. The van der Waals surface area contributed by atoms with E-state index in [1.165, 1.54) is 6.26 Å². The molecule has 54 valence electrons. The van der Waals surface area contributed by atoms with Crippen LogP contribution in [0.1, 0.15) is 0 Å². The maximum atomic E-state index is 10.6. The van der Waals surface area contributed by atoms with Crippen molar-refractivity contribution in [3.63, 3.8) is 0 Å². The van der Waals surface area contributed by atoms with Crippen molar-refractivity contribution in [2.75, 3.05) is 12.8 Å². The van der Waals surface area contributed by atoms with E-state index in [0.29, 0.717) is 11.0 Å². The lowest BCUT2D eigenvalue weighted by Gasteiger charge is -2.00. The molecule has 0 fully saturated rings. The summed E-state index contributed by atoms with van der Waals surface area (Å²) in [6, 6.07) is 0. The average molecular weight is 213 g/mol. The van der Waals surface area contributed by atoms with E-state index in [-0.39, 0.29) is 0 Å². The fraction of sp³-hybridized carbons (Fsp3) is 0.500. The average Bonchev–Trinajstić information content (AvgIpc) is 1.59. The zero-order valence-corrected chi connectivity index (χ0v) is 7.51. The van der Waals surface area contributed by atoms with Gasteiger partial charge in [0.15, 0.2) is 0 Å². The summed E-state index contributed by atoms with van der Waals surface area (Å²) in [6.07, 6.45) is 1.32. The molecular formula is C4H9BrN2OS. The Morgan fingerprint density at radius 1 is 2.00 bits per heavy atom. The standard InChI is InChI=1S/C4H9BrN2OS/c1-4(5)3-7-9(2,6)8/h1,3H2,2H3,(H2,6,7,8). The largest absolute Gasteiger partial charge is 0.241 e. The number of hydrogen-bond acceptors (Lipinski definition) is 2. The van der Waals surface area contributed by atoms with Gasteiger partial charge in [-0.2, -0.15) is 0 Å². The molecule has 0 heterocycles. The van der Waals surface area contributed by atoms with Gasteiger partial charge in [0.1, 0.15) is 9.92 Å². The highest BCUT2D eigenvalue weighted by Crippen LogP contribution is 1.97. The van der Waals surface area contributed by atoms with Gasteiger partial charge in [0.05, 0.1) is 0 Å². The highest BCUT2D eigenvalue weighted by Gasteiger charge is 1.93. The molecule has 1 unspecified atom stereocenters. The quantitative estimate of drug-likeness (QED) is 0.723. The first-order valence-electron chi connectivity index (χ1n) is 2.23. The van der Waals surface area contributed by atoms with Crippen molar-refractivity contribution in [2.24, 2.45) is 0 Å². The minimum Gasteiger partial charge on any atom is -0.241 e. The molecule has 0 aliphatic heterocycles. The van der Waals surface area contributed by atoms with Crippen LogP contribution in [0.2, 0.25) is 0 Å². The fourth-order valence-corrected chi connectivity index (χ4v) is 0.991. The second kappa shape index (κ2) is 3.34. The second-order valence-corrected chi connectivity index (χ2v) is 4.78. The molecule has 1 atom stereocenters. The summed E-state index contributed by atoms with van der Waals surface area (Å²) in [5.74, 6) is 0. The predicted molar refractivity (Wildman–Crippen MR) is 42.9 cm³/mol. The van der Waals surface area contributed by atoms with Gasteiger partial charge in [-0.05, 0) is 0 Å². The monoisotopic (exact) mass is 212 g/mol. The molecule has 0 spiro atoms. The summed E-state index contributed by atoms with van der Waals surface area (Å²) in [5.41, 5.74) is 0. The summed E-state index contributed by atoms with van der Waals surface area (Å²) < 4.78 is 20.6. The minimum atomic E-state index is -2.56. The van der Waals surface area contributed by atoms with E-state index in [4.69, 9.17) is 4.78 Å². The molecule has 0 aliphatic carbocycles. The molecule has 2 N–H and O–H groups in total. The zero-order chi connectivity index (χ0) is 7.49. The van der Waals surface area contributed by atoms with E-state index >= 15 is 0 Å². The molecule has 5 heteroatoms. The third-order valence-electron chi connectivity index (χ3n) is 0.539. The van der Waals surface area contributed by atoms with Gasteiger partial charge < -0.3 is 0 Å². The fourth-order valence-electron chi connectivity index (χ4n) is 0.216. The van der Waals surface area contributed by atoms with Crippen molar-refractivity contribution < 1.29 is 4.21 Å². The van der Waals surface area contributed by atoms with Gasteiger partial charge in [-0.15, -0.1) is 0 Å². The molecule has 0 saturated heterocycles. The second-order valence-electron chi connectivity index (χ2n) is 1.68. The molecule has 0 bridgehead atoms. The number of halogens is 1. The van der Waals surface area contributed by atoms with Gasteiger partial charge >= 0.3 is 0 Å². The van der Waals surface area contributed by atoms with E-state index in [1.54, 1.807) is 0 Å². The third-order valence-corrected chi connectivity index (χ3v) is 1.51. The highest BCUT2D eigenvalue weighted by molar-refractivity contribution is 9.11. The van der Waals surface area contributed by atoms with Crippen molar-refractivity contribution in [2.45, 2.75) is 0 Å². The predicted octanol–water partition coefficient (Wildman–Crippen LogP) is 1.08. The van der Waals surface area contributed by atoms with Crippen molar-refractivity contribution in [1.82, 2.24) is 4.72 Å². The summed E-state index contributed by atoms with van der Waals surface area (Å²) in [6.45, 7) is 3.88. The van der Waals surface area contributed by atoms with E-state index in [9.17, 15) is 4.21 Å². The number of hydrogen-bond donors (Lipinski definition) is 2. The van der Waals surface area contributed by atoms with Crippen LogP contribution in [0.4, 0.5) is 0 Å². The lowest BCUT2D eigenvalue weighted by atomic mass is 10.7. The highest BCUT2D eigenvalue weighted by atomic mass is 79.9. The number of nitrogens with one attached hydrogen (secondary N) is 2. The maximum Gasteiger partial charge on any atom is 0.102 e. The molecule has 0 aliphatic rings. The van der Waals surface area contributed by atoms with Crippen LogP contribution in [0.25, 0.3) is 0 Å². The lowest BCUT2D eigenvalue weighted by Crippen LogP contribution is -2.21. The SMILES string of the molecule is C=C(Br)CNS(C)(=N)=O. The summed E-state index contributed by atoms with van der Waals surface area (Å²) >= 11 is 3.06. The van der Waals surface area contributed by atoms with Gasteiger partial charge in [-0.25, -0.2) is 13.7 Å². The Kier molecular flexibility index (Phi) is 3.38. The Morgan fingerprint density at radius 3 is 2.56 bits per heavy atom. The zero-order valence-electron chi connectivity index (χ0n) is 5.11. The van der Waals surface area contributed by atoms with E-state index in [1.807, 2.05) is 0 Å². The summed E-state index contributed by atoms with van der Waals surface area (Å²) in [5, 5.41) is 0. The first-order valence-corrected chi connectivity index (χ1v) is 4.99. The van der Waals surface area contributed by atoms with Gasteiger partial charge in [0.2, 0.25) is 0 Å². The van der Waals surface area contributed by atoms with Gasteiger partial charge in [-0.3, -0.25) is 0 Å². The van der Waals surface area contributed by atoms with Crippen LogP contribution in [0.15, 0.2) is 11.1 Å². The lowest BCUT2D eigenvalue weighted by molar-refractivity contribution is 0.671. The molecule has 0 aromatic carbocycles. The van der Waals surface area contributed by atoms with Crippen LogP contribution in [0.3, 0.4) is 0 Å². The van der Waals surface area contributed by atoms with Crippen molar-refractivity contribution >= 4 is 25.8 Å². The van der Waals surface area contributed by atoms with Crippen LogP contribution < -0.4 is 4.72 Å². The van der Waals surface area contributed by atoms with E-state index < -0.39 is 9.92 Å². The summed E-state index contributed by atoms with van der Waals surface area (Å²) in [4.78, 5) is 0. The van der Waals surface area contributed by atoms with Crippen LogP contribution in [0, 0.1) is 4.78 Å². The Bertz CT molecular complexity index is 197. The van der Waals surface area contributed by atoms with Crippen molar-refractivity contribution in [1.29, 1.82) is 4.78 Å². The summed E-state index contributed by atoms with van der Waals surface area (Å²) in [7, 11) is -2.56. The Morgan fingerprint density at radius 2 is 2.44 bits per heavy atom.